The van der Waals surface area contributed by atoms with Gasteiger partial charge in [-0.3, -0.25) is 9.69 Å². The van der Waals surface area contributed by atoms with E-state index in [0.717, 1.165) is 27.0 Å². The Morgan fingerprint density at radius 3 is 2.37 bits per heavy atom. The van der Waals surface area contributed by atoms with Crippen LogP contribution in [0.3, 0.4) is 0 Å². The molecule has 5 rings (SSSR count). The number of aromatic nitrogens is 4. The van der Waals surface area contributed by atoms with Crippen LogP contribution in [0.1, 0.15) is 35.6 Å². The zero-order chi connectivity index (χ0) is 27.0. The molecule has 0 saturated carbocycles. The summed E-state index contributed by atoms with van der Waals surface area (Å²) >= 11 is 15.7. The Balaban J connectivity index is 1.23. The van der Waals surface area contributed by atoms with E-state index in [-0.39, 0.29) is 18.0 Å². The third-order valence-corrected chi connectivity index (χ3v) is 8.40. The quantitative estimate of drug-likeness (QED) is 0.262. The molecule has 1 aliphatic rings. The van der Waals surface area contributed by atoms with Gasteiger partial charge in [-0.25, -0.2) is 4.68 Å². The summed E-state index contributed by atoms with van der Waals surface area (Å²) in [6, 6.07) is 18.0. The van der Waals surface area contributed by atoms with Crippen molar-refractivity contribution in [3.05, 3.63) is 92.3 Å². The van der Waals surface area contributed by atoms with E-state index < -0.39 is 0 Å². The molecule has 4 aromatic rings. The number of hydrogen-bond acceptors (Lipinski definition) is 4. The first kappa shape index (κ1) is 26.9. The molecule has 0 bridgehead atoms. The minimum absolute atomic E-state index is 0.0572. The van der Waals surface area contributed by atoms with Gasteiger partial charge in [0.25, 0.3) is 5.91 Å². The number of halogens is 3. The molecule has 0 aliphatic carbocycles. The second kappa shape index (κ2) is 11.2. The molecular formula is C28H29BrCl2N6O. The number of carbonyl (C=O) groups excluding carboxylic acids is 1. The lowest BCUT2D eigenvalue weighted by atomic mass is 10.1. The molecule has 7 nitrogen and oxygen atoms in total. The molecule has 1 aliphatic heterocycles. The summed E-state index contributed by atoms with van der Waals surface area (Å²) in [6.07, 6.45) is 1.97. The zero-order valence-electron chi connectivity index (χ0n) is 21.5. The number of carbonyl (C=O) groups is 1. The van der Waals surface area contributed by atoms with Gasteiger partial charge in [-0.05, 0) is 61.4 Å². The van der Waals surface area contributed by atoms with E-state index in [4.69, 9.17) is 23.2 Å². The SMILES string of the molecule is C[C@@H]1CN(C(=O)c2ccc(-c3ccc(Br)cc3)n2C)C[C@H](C)N1Cc1cn(Cc2ccc(Cl)c(Cl)c2)nn1. The van der Waals surface area contributed by atoms with Gasteiger partial charge >= 0.3 is 0 Å². The second-order valence-corrected chi connectivity index (χ2v) is 11.6. The highest BCUT2D eigenvalue weighted by Crippen LogP contribution is 2.26. The van der Waals surface area contributed by atoms with Gasteiger partial charge in [0.1, 0.15) is 5.69 Å². The Morgan fingerprint density at radius 1 is 0.974 bits per heavy atom. The lowest BCUT2D eigenvalue weighted by Crippen LogP contribution is -2.57. The van der Waals surface area contributed by atoms with Crippen molar-refractivity contribution < 1.29 is 4.79 Å². The molecular weight excluding hydrogens is 587 g/mol. The average molecular weight is 616 g/mol. The molecule has 2 aromatic carbocycles. The van der Waals surface area contributed by atoms with Crippen molar-refractivity contribution in [3.8, 4) is 11.3 Å². The van der Waals surface area contributed by atoms with Crippen LogP contribution in [0.4, 0.5) is 0 Å². The first-order valence-corrected chi connectivity index (χ1v) is 14.0. The van der Waals surface area contributed by atoms with E-state index in [1.54, 1.807) is 6.07 Å². The second-order valence-electron chi connectivity index (χ2n) is 9.91. The van der Waals surface area contributed by atoms with Gasteiger partial charge < -0.3 is 9.47 Å². The van der Waals surface area contributed by atoms with Crippen molar-refractivity contribution in [1.29, 1.82) is 0 Å². The molecule has 2 atom stereocenters. The summed E-state index contributed by atoms with van der Waals surface area (Å²) in [6.45, 7) is 6.86. The highest BCUT2D eigenvalue weighted by atomic mass is 79.9. The molecule has 38 heavy (non-hydrogen) atoms. The molecule has 0 radical (unpaired) electrons. The molecule has 1 amide bonds. The average Bonchev–Trinajstić information content (AvgIpc) is 3.49. The third kappa shape index (κ3) is 5.69. The summed E-state index contributed by atoms with van der Waals surface area (Å²) in [5.74, 6) is 0.0572. The minimum atomic E-state index is 0.0572. The molecule has 0 unspecified atom stereocenters. The fourth-order valence-electron chi connectivity index (χ4n) is 5.13. The van der Waals surface area contributed by atoms with E-state index in [9.17, 15) is 4.79 Å². The summed E-state index contributed by atoms with van der Waals surface area (Å²) in [4.78, 5) is 17.9. The van der Waals surface area contributed by atoms with Crippen molar-refractivity contribution >= 4 is 45.0 Å². The maximum absolute atomic E-state index is 13.5. The van der Waals surface area contributed by atoms with Crippen molar-refractivity contribution in [2.24, 2.45) is 7.05 Å². The maximum atomic E-state index is 13.5. The van der Waals surface area contributed by atoms with Gasteiger partial charge in [-0.1, -0.05) is 62.5 Å². The van der Waals surface area contributed by atoms with Crippen molar-refractivity contribution in [2.45, 2.75) is 39.0 Å². The number of benzene rings is 2. The van der Waals surface area contributed by atoms with Crippen LogP contribution in [-0.2, 0) is 20.1 Å². The topological polar surface area (TPSA) is 59.2 Å². The van der Waals surface area contributed by atoms with Crippen molar-refractivity contribution in [1.82, 2.24) is 29.4 Å². The van der Waals surface area contributed by atoms with Crippen LogP contribution in [0, 0.1) is 0 Å². The fraction of sp³-hybridized carbons (Fsp3) is 0.321. The lowest BCUT2D eigenvalue weighted by Gasteiger charge is -2.44. The van der Waals surface area contributed by atoms with E-state index >= 15 is 0 Å². The predicted molar refractivity (Wildman–Crippen MR) is 155 cm³/mol. The molecule has 0 spiro atoms. The smallest absolute Gasteiger partial charge is 0.270 e. The van der Waals surface area contributed by atoms with Crippen LogP contribution in [0.25, 0.3) is 11.3 Å². The van der Waals surface area contributed by atoms with Gasteiger partial charge in [0.15, 0.2) is 0 Å². The molecule has 1 saturated heterocycles. The summed E-state index contributed by atoms with van der Waals surface area (Å²) < 4.78 is 4.82. The Morgan fingerprint density at radius 2 is 1.68 bits per heavy atom. The first-order valence-electron chi connectivity index (χ1n) is 12.5. The number of rotatable bonds is 6. The van der Waals surface area contributed by atoms with Crippen LogP contribution in [0.5, 0.6) is 0 Å². The first-order chi connectivity index (χ1) is 18.2. The lowest BCUT2D eigenvalue weighted by molar-refractivity contribution is 0.0258. The largest absolute Gasteiger partial charge is 0.340 e. The van der Waals surface area contributed by atoms with Crippen molar-refractivity contribution in [2.75, 3.05) is 13.1 Å². The normalized spacial score (nSPS) is 18.2. The predicted octanol–water partition coefficient (Wildman–Crippen LogP) is 6.14. The minimum Gasteiger partial charge on any atom is -0.340 e. The highest BCUT2D eigenvalue weighted by Gasteiger charge is 2.33. The molecule has 2 aromatic heterocycles. The van der Waals surface area contributed by atoms with E-state index in [0.29, 0.717) is 41.9 Å². The van der Waals surface area contributed by atoms with Gasteiger partial charge in [-0.2, -0.15) is 0 Å². The maximum Gasteiger partial charge on any atom is 0.270 e. The van der Waals surface area contributed by atoms with Crippen LogP contribution < -0.4 is 0 Å². The monoisotopic (exact) mass is 614 g/mol. The summed E-state index contributed by atoms with van der Waals surface area (Å²) in [7, 11) is 1.95. The number of piperazine rings is 1. The fourth-order valence-corrected chi connectivity index (χ4v) is 5.72. The van der Waals surface area contributed by atoms with Gasteiger partial charge in [0.2, 0.25) is 0 Å². The summed E-state index contributed by atoms with van der Waals surface area (Å²) in [5.41, 5.74) is 4.69. The summed E-state index contributed by atoms with van der Waals surface area (Å²) in [5, 5.41) is 9.75. The van der Waals surface area contributed by atoms with Crippen LogP contribution in [0.15, 0.2) is 65.3 Å². The Bertz CT molecular complexity index is 1440. The Hall–Kier alpha value is -2.65. The third-order valence-electron chi connectivity index (χ3n) is 7.13. The molecule has 1 fully saturated rings. The van der Waals surface area contributed by atoms with E-state index in [1.165, 1.54) is 0 Å². The molecule has 198 valence electrons. The standard InChI is InChI=1S/C28H29BrCl2N6O/c1-18-13-35(28(38)27-11-10-26(34(27)3)21-5-7-22(29)8-6-21)14-19(2)37(18)17-23-16-36(33-32-23)15-20-4-9-24(30)25(31)12-20/h4-12,16,18-19H,13-15,17H2,1-3H3/t18-,19+. The number of amides is 1. The molecule has 3 heterocycles. The van der Waals surface area contributed by atoms with Gasteiger partial charge in [-0.15, -0.1) is 5.10 Å². The van der Waals surface area contributed by atoms with Gasteiger partial charge in [0.05, 0.1) is 28.5 Å². The highest BCUT2D eigenvalue weighted by molar-refractivity contribution is 9.10. The zero-order valence-corrected chi connectivity index (χ0v) is 24.6. The van der Waals surface area contributed by atoms with E-state index in [1.807, 2.05) is 63.8 Å². The number of hydrogen-bond donors (Lipinski definition) is 0. The van der Waals surface area contributed by atoms with Crippen molar-refractivity contribution in [3.63, 3.8) is 0 Å². The van der Waals surface area contributed by atoms with Crippen LogP contribution in [-0.4, -0.2) is 60.4 Å². The van der Waals surface area contributed by atoms with E-state index in [2.05, 4.69) is 57.1 Å². The van der Waals surface area contributed by atoms with Crippen LogP contribution >= 0.6 is 39.1 Å². The molecule has 0 N–H and O–H groups in total. The molecule has 10 heteroatoms. The Labute approximate surface area is 241 Å². The van der Waals surface area contributed by atoms with Gasteiger partial charge in [0, 0.05) is 48.9 Å². The Kier molecular flexibility index (Phi) is 7.95. The van der Waals surface area contributed by atoms with Crippen LogP contribution in [0.2, 0.25) is 10.0 Å². The number of nitrogens with zero attached hydrogens (tertiary/aromatic N) is 6.